The highest BCUT2D eigenvalue weighted by Gasteiger charge is 2.24. The van der Waals surface area contributed by atoms with Crippen LogP contribution >= 0.6 is 15.9 Å². The SMILES string of the molecule is NCCC1CCc2c1c[nH]c2Br. The zero-order valence-electron chi connectivity index (χ0n) is 6.94. The van der Waals surface area contributed by atoms with Crippen LogP contribution in [0.4, 0.5) is 0 Å². The molecule has 12 heavy (non-hydrogen) atoms. The predicted octanol–water partition coefficient (Wildman–Crippen LogP) is 2.16. The van der Waals surface area contributed by atoms with Gasteiger partial charge in [-0.3, -0.25) is 0 Å². The van der Waals surface area contributed by atoms with E-state index < -0.39 is 0 Å². The number of rotatable bonds is 2. The Labute approximate surface area is 80.7 Å². The maximum Gasteiger partial charge on any atom is 0.0855 e. The molecule has 0 aliphatic heterocycles. The van der Waals surface area contributed by atoms with Crippen molar-refractivity contribution in [2.24, 2.45) is 5.73 Å². The third-order valence-electron chi connectivity index (χ3n) is 2.67. The van der Waals surface area contributed by atoms with Crippen molar-refractivity contribution in [1.29, 1.82) is 0 Å². The van der Waals surface area contributed by atoms with Gasteiger partial charge in [-0.05, 0) is 58.8 Å². The lowest BCUT2D eigenvalue weighted by atomic mass is 10.0. The van der Waals surface area contributed by atoms with Gasteiger partial charge in [0.25, 0.3) is 0 Å². The van der Waals surface area contributed by atoms with E-state index in [1.165, 1.54) is 24.0 Å². The van der Waals surface area contributed by atoms with Crippen LogP contribution in [0, 0.1) is 0 Å². The molecule has 66 valence electrons. The van der Waals surface area contributed by atoms with E-state index in [-0.39, 0.29) is 0 Å². The van der Waals surface area contributed by atoms with E-state index in [0.717, 1.165) is 17.6 Å². The molecule has 0 amide bonds. The molecule has 1 heterocycles. The van der Waals surface area contributed by atoms with Crippen molar-refractivity contribution in [2.45, 2.75) is 25.2 Å². The summed E-state index contributed by atoms with van der Waals surface area (Å²) in [6, 6.07) is 0. The highest BCUT2D eigenvalue weighted by atomic mass is 79.9. The van der Waals surface area contributed by atoms with Gasteiger partial charge in [0.2, 0.25) is 0 Å². The van der Waals surface area contributed by atoms with Crippen LogP contribution in [-0.4, -0.2) is 11.5 Å². The number of hydrogen-bond acceptors (Lipinski definition) is 1. The molecule has 0 saturated heterocycles. The Morgan fingerprint density at radius 1 is 1.67 bits per heavy atom. The summed E-state index contributed by atoms with van der Waals surface area (Å²) >= 11 is 3.51. The summed E-state index contributed by atoms with van der Waals surface area (Å²) in [4.78, 5) is 3.20. The molecular formula is C9H13BrN2. The zero-order chi connectivity index (χ0) is 8.55. The van der Waals surface area contributed by atoms with Crippen molar-refractivity contribution in [3.05, 3.63) is 21.9 Å². The van der Waals surface area contributed by atoms with Crippen LogP contribution in [0.15, 0.2) is 10.8 Å². The molecule has 2 rings (SSSR count). The van der Waals surface area contributed by atoms with Gasteiger partial charge in [-0.1, -0.05) is 0 Å². The smallest absolute Gasteiger partial charge is 0.0855 e. The molecule has 1 unspecified atom stereocenters. The Hall–Kier alpha value is -0.280. The van der Waals surface area contributed by atoms with Gasteiger partial charge in [0, 0.05) is 6.20 Å². The monoisotopic (exact) mass is 228 g/mol. The number of hydrogen-bond donors (Lipinski definition) is 2. The lowest BCUT2D eigenvalue weighted by molar-refractivity contribution is 0.625. The minimum Gasteiger partial charge on any atom is -0.356 e. The van der Waals surface area contributed by atoms with Crippen LogP contribution in [0.5, 0.6) is 0 Å². The first-order valence-corrected chi connectivity index (χ1v) is 5.18. The minimum atomic E-state index is 0.701. The van der Waals surface area contributed by atoms with Crippen molar-refractivity contribution in [3.8, 4) is 0 Å². The molecule has 0 spiro atoms. The van der Waals surface area contributed by atoms with Crippen molar-refractivity contribution >= 4 is 15.9 Å². The molecule has 1 aliphatic carbocycles. The van der Waals surface area contributed by atoms with Crippen LogP contribution in [0.2, 0.25) is 0 Å². The number of nitrogens with two attached hydrogens (primary N) is 1. The third kappa shape index (κ3) is 1.21. The first kappa shape index (κ1) is 8.32. The van der Waals surface area contributed by atoms with E-state index in [4.69, 9.17) is 5.73 Å². The van der Waals surface area contributed by atoms with Crippen LogP contribution in [-0.2, 0) is 6.42 Å². The molecule has 0 saturated carbocycles. The van der Waals surface area contributed by atoms with Crippen molar-refractivity contribution in [2.75, 3.05) is 6.54 Å². The van der Waals surface area contributed by atoms with Crippen molar-refractivity contribution < 1.29 is 0 Å². The molecule has 1 aromatic heterocycles. The Morgan fingerprint density at radius 3 is 3.25 bits per heavy atom. The summed E-state index contributed by atoms with van der Waals surface area (Å²) in [5, 5.41) is 0. The zero-order valence-corrected chi connectivity index (χ0v) is 8.52. The van der Waals surface area contributed by atoms with E-state index in [2.05, 4.69) is 27.1 Å². The maximum atomic E-state index is 5.55. The largest absolute Gasteiger partial charge is 0.356 e. The summed E-state index contributed by atoms with van der Waals surface area (Å²) in [6.07, 6.45) is 5.71. The van der Waals surface area contributed by atoms with E-state index >= 15 is 0 Å². The average molecular weight is 229 g/mol. The topological polar surface area (TPSA) is 41.8 Å². The fourth-order valence-corrected chi connectivity index (χ4v) is 2.58. The molecule has 0 bridgehead atoms. The van der Waals surface area contributed by atoms with Crippen molar-refractivity contribution in [3.63, 3.8) is 0 Å². The standard InChI is InChI=1S/C9H13BrN2/c10-9-7-2-1-6(3-4-11)8(7)5-12-9/h5-6,12H,1-4,11H2. The van der Waals surface area contributed by atoms with Gasteiger partial charge in [0.05, 0.1) is 4.60 Å². The second kappa shape index (κ2) is 3.23. The number of H-pyrrole nitrogens is 1. The molecular weight excluding hydrogens is 216 g/mol. The van der Waals surface area contributed by atoms with Crippen LogP contribution in [0.3, 0.4) is 0 Å². The lowest BCUT2D eigenvalue weighted by Crippen LogP contribution is -2.04. The van der Waals surface area contributed by atoms with E-state index in [9.17, 15) is 0 Å². The summed E-state index contributed by atoms with van der Waals surface area (Å²) in [5.41, 5.74) is 8.50. The van der Waals surface area contributed by atoms with Crippen LogP contribution in [0.1, 0.15) is 29.9 Å². The average Bonchev–Trinajstić information content (AvgIpc) is 2.58. The van der Waals surface area contributed by atoms with E-state index in [1.807, 2.05) is 0 Å². The van der Waals surface area contributed by atoms with Gasteiger partial charge in [-0.25, -0.2) is 0 Å². The Bertz CT molecular complexity index is 280. The number of halogens is 1. The summed E-state index contributed by atoms with van der Waals surface area (Å²) in [6.45, 7) is 0.799. The van der Waals surface area contributed by atoms with Gasteiger partial charge in [0.1, 0.15) is 0 Å². The number of nitrogens with one attached hydrogen (secondary N) is 1. The van der Waals surface area contributed by atoms with Gasteiger partial charge < -0.3 is 10.7 Å². The maximum absolute atomic E-state index is 5.55. The summed E-state index contributed by atoms with van der Waals surface area (Å²) in [7, 11) is 0. The predicted molar refractivity (Wildman–Crippen MR) is 53.2 cm³/mol. The highest BCUT2D eigenvalue weighted by Crippen LogP contribution is 2.38. The van der Waals surface area contributed by atoms with Gasteiger partial charge in [0.15, 0.2) is 0 Å². The third-order valence-corrected chi connectivity index (χ3v) is 3.37. The summed E-state index contributed by atoms with van der Waals surface area (Å²) in [5.74, 6) is 0.701. The molecule has 1 atom stereocenters. The molecule has 0 fully saturated rings. The number of aromatic nitrogens is 1. The first-order valence-electron chi connectivity index (χ1n) is 4.38. The Balaban J connectivity index is 2.24. The van der Waals surface area contributed by atoms with E-state index in [1.54, 1.807) is 0 Å². The molecule has 2 nitrogen and oxygen atoms in total. The summed E-state index contributed by atoms with van der Waals surface area (Å²) < 4.78 is 1.16. The Kier molecular flexibility index (Phi) is 2.24. The molecule has 3 N–H and O–H groups in total. The molecule has 1 aliphatic rings. The second-order valence-electron chi connectivity index (χ2n) is 3.35. The molecule has 0 radical (unpaired) electrons. The lowest BCUT2D eigenvalue weighted by Gasteiger charge is -2.06. The fourth-order valence-electron chi connectivity index (χ4n) is 2.04. The normalized spacial score (nSPS) is 21.3. The van der Waals surface area contributed by atoms with E-state index in [0.29, 0.717) is 5.92 Å². The molecule has 3 heteroatoms. The Morgan fingerprint density at radius 2 is 2.50 bits per heavy atom. The minimum absolute atomic E-state index is 0.701. The van der Waals surface area contributed by atoms with Crippen LogP contribution in [0.25, 0.3) is 0 Å². The molecule has 1 aromatic rings. The van der Waals surface area contributed by atoms with Gasteiger partial charge in [-0.2, -0.15) is 0 Å². The quantitative estimate of drug-likeness (QED) is 0.801. The fraction of sp³-hybridized carbons (Fsp3) is 0.556. The van der Waals surface area contributed by atoms with Gasteiger partial charge >= 0.3 is 0 Å². The first-order chi connectivity index (χ1) is 5.83. The molecule has 0 aromatic carbocycles. The number of aromatic amines is 1. The highest BCUT2D eigenvalue weighted by molar-refractivity contribution is 9.10. The number of fused-ring (bicyclic) bond motifs is 1. The second-order valence-corrected chi connectivity index (χ2v) is 4.14. The van der Waals surface area contributed by atoms with Crippen LogP contribution < -0.4 is 5.73 Å². The van der Waals surface area contributed by atoms with Crippen molar-refractivity contribution in [1.82, 2.24) is 4.98 Å². The van der Waals surface area contributed by atoms with Gasteiger partial charge in [-0.15, -0.1) is 0 Å².